The lowest BCUT2D eigenvalue weighted by Crippen LogP contribution is -2.42. The Morgan fingerprint density at radius 3 is 2.78 bits per heavy atom. The SMILES string of the molecule is Cl.Cl.O=C(NC1CCNCC1)c1cnc2c(c1)ncn2Cc1cccnc1. The lowest BCUT2D eigenvalue weighted by atomic mass is 10.1. The number of imidazole rings is 1. The van der Waals surface area contributed by atoms with Gasteiger partial charge >= 0.3 is 0 Å². The van der Waals surface area contributed by atoms with E-state index in [0.717, 1.165) is 42.7 Å². The molecule has 3 aromatic rings. The summed E-state index contributed by atoms with van der Waals surface area (Å²) in [6, 6.07) is 5.95. The summed E-state index contributed by atoms with van der Waals surface area (Å²) in [5.74, 6) is -0.0805. The summed E-state index contributed by atoms with van der Waals surface area (Å²) in [5.41, 5.74) is 3.12. The summed E-state index contributed by atoms with van der Waals surface area (Å²) >= 11 is 0. The van der Waals surface area contributed by atoms with Crippen LogP contribution in [0.5, 0.6) is 0 Å². The molecular formula is C18H22Cl2N6O. The van der Waals surface area contributed by atoms with Gasteiger partial charge in [-0.05, 0) is 43.6 Å². The van der Waals surface area contributed by atoms with Crippen molar-refractivity contribution in [3.63, 3.8) is 0 Å². The van der Waals surface area contributed by atoms with Crippen LogP contribution in [0.3, 0.4) is 0 Å². The van der Waals surface area contributed by atoms with Crippen LogP contribution in [-0.4, -0.2) is 44.6 Å². The zero-order valence-electron chi connectivity index (χ0n) is 14.7. The van der Waals surface area contributed by atoms with Crippen molar-refractivity contribution in [2.24, 2.45) is 0 Å². The normalized spacial score (nSPS) is 14.2. The molecule has 0 saturated carbocycles. The lowest BCUT2D eigenvalue weighted by Gasteiger charge is -2.23. The molecule has 0 unspecified atom stereocenters. The Balaban J connectivity index is 0.00000131. The molecule has 9 heteroatoms. The number of nitrogens with zero attached hydrogens (tertiary/aromatic N) is 4. The van der Waals surface area contributed by atoms with Crippen molar-refractivity contribution in [2.75, 3.05) is 13.1 Å². The van der Waals surface area contributed by atoms with Crippen molar-refractivity contribution in [2.45, 2.75) is 25.4 Å². The Labute approximate surface area is 169 Å². The van der Waals surface area contributed by atoms with Gasteiger partial charge in [0.1, 0.15) is 5.52 Å². The summed E-state index contributed by atoms with van der Waals surface area (Å²) in [4.78, 5) is 25.4. The topological polar surface area (TPSA) is 84.7 Å². The van der Waals surface area contributed by atoms with E-state index in [-0.39, 0.29) is 36.8 Å². The third-order valence-electron chi connectivity index (χ3n) is 4.47. The Kier molecular flexibility index (Phi) is 7.53. The quantitative estimate of drug-likeness (QED) is 0.690. The predicted molar refractivity (Wildman–Crippen MR) is 109 cm³/mol. The van der Waals surface area contributed by atoms with Gasteiger partial charge in [-0.15, -0.1) is 24.8 Å². The van der Waals surface area contributed by atoms with Gasteiger partial charge < -0.3 is 15.2 Å². The molecule has 144 valence electrons. The number of hydrogen-bond acceptors (Lipinski definition) is 5. The van der Waals surface area contributed by atoms with E-state index in [1.165, 1.54) is 0 Å². The van der Waals surface area contributed by atoms with Gasteiger partial charge in [-0.2, -0.15) is 0 Å². The second kappa shape index (κ2) is 9.64. The highest BCUT2D eigenvalue weighted by atomic mass is 35.5. The summed E-state index contributed by atoms with van der Waals surface area (Å²) in [6.07, 6.45) is 8.87. The van der Waals surface area contributed by atoms with Crippen LogP contribution in [-0.2, 0) is 6.54 Å². The van der Waals surface area contributed by atoms with E-state index in [1.807, 2.05) is 22.9 Å². The van der Waals surface area contributed by atoms with Gasteiger partial charge in [-0.1, -0.05) is 6.07 Å². The minimum Gasteiger partial charge on any atom is -0.349 e. The molecule has 1 fully saturated rings. The largest absolute Gasteiger partial charge is 0.349 e. The first-order valence-electron chi connectivity index (χ1n) is 8.51. The van der Waals surface area contributed by atoms with Crippen LogP contribution >= 0.6 is 24.8 Å². The lowest BCUT2D eigenvalue weighted by molar-refractivity contribution is 0.0929. The van der Waals surface area contributed by atoms with E-state index in [9.17, 15) is 4.79 Å². The Morgan fingerprint density at radius 1 is 1.22 bits per heavy atom. The van der Waals surface area contributed by atoms with Crippen LogP contribution in [0.15, 0.2) is 43.1 Å². The average Bonchev–Trinajstić information content (AvgIpc) is 3.05. The Hall–Kier alpha value is -2.22. The van der Waals surface area contributed by atoms with Gasteiger partial charge in [0.2, 0.25) is 0 Å². The highest BCUT2D eigenvalue weighted by molar-refractivity contribution is 5.96. The van der Waals surface area contributed by atoms with Crippen LogP contribution in [0.4, 0.5) is 0 Å². The average molecular weight is 409 g/mol. The molecule has 1 aliphatic rings. The maximum atomic E-state index is 12.4. The van der Waals surface area contributed by atoms with Crippen LogP contribution in [0, 0.1) is 0 Å². The number of hydrogen-bond donors (Lipinski definition) is 2. The van der Waals surface area contributed by atoms with Crippen molar-refractivity contribution >= 4 is 41.9 Å². The molecule has 27 heavy (non-hydrogen) atoms. The van der Waals surface area contributed by atoms with Crippen LogP contribution in [0.25, 0.3) is 11.2 Å². The fourth-order valence-corrected chi connectivity index (χ4v) is 3.11. The number of piperidine rings is 1. The van der Waals surface area contributed by atoms with Gasteiger partial charge in [0.25, 0.3) is 5.91 Å². The minimum absolute atomic E-state index is 0. The molecular weight excluding hydrogens is 387 g/mol. The first-order chi connectivity index (χ1) is 12.3. The number of amides is 1. The van der Waals surface area contributed by atoms with Crippen molar-refractivity contribution in [3.8, 4) is 0 Å². The zero-order valence-corrected chi connectivity index (χ0v) is 16.3. The molecule has 4 heterocycles. The highest BCUT2D eigenvalue weighted by Crippen LogP contribution is 2.14. The van der Waals surface area contributed by atoms with Crippen molar-refractivity contribution < 1.29 is 4.79 Å². The van der Waals surface area contributed by atoms with E-state index < -0.39 is 0 Å². The number of carbonyl (C=O) groups excluding carboxylic acids is 1. The molecule has 1 aliphatic heterocycles. The van der Waals surface area contributed by atoms with Crippen molar-refractivity contribution in [1.29, 1.82) is 0 Å². The molecule has 1 amide bonds. The molecule has 3 aromatic heterocycles. The summed E-state index contributed by atoms with van der Waals surface area (Å²) in [6.45, 7) is 2.54. The first-order valence-corrected chi connectivity index (χ1v) is 8.51. The number of halogens is 2. The van der Waals surface area contributed by atoms with E-state index in [2.05, 4.69) is 25.6 Å². The molecule has 0 spiro atoms. The van der Waals surface area contributed by atoms with Gasteiger partial charge in [-0.25, -0.2) is 9.97 Å². The van der Waals surface area contributed by atoms with E-state index >= 15 is 0 Å². The standard InChI is InChI=1S/C18H20N6O.2ClH/c25-18(23-15-3-6-19-7-4-15)14-8-16-17(21-10-14)24(12-22-16)11-13-2-1-5-20-9-13;;/h1-2,5,8-10,12,15,19H,3-4,6-7,11H2,(H,23,25);2*1H. The number of carbonyl (C=O) groups is 1. The third-order valence-corrected chi connectivity index (χ3v) is 4.47. The molecule has 0 radical (unpaired) electrons. The number of pyridine rings is 2. The molecule has 0 atom stereocenters. The number of rotatable bonds is 4. The Bertz CT molecular complexity index is 880. The van der Waals surface area contributed by atoms with Gasteiger partial charge in [-0.3, -0.25) is 9.78 Å². The fraction of sp³-hybridized carbons (Fsp3) is 0.333. The number of nitrogens with one attached hydrogen (secondary N) is 2. The number of fused-ring (bicyclic) bond motifs is 1. The summed E-state index contributed by atoms with van der Waals surface area (Å²) in [7, 11) is 0. The molecule has 0 aliphatic carbocycles. The third kappa shape index (κ3) is 4.94. The summed E-state index contributed by atoms with van der Waals surface area (Å²) < 4.78 is 1.96. The van der Waals surface area contributed by atoms with E-state index in [4.69, 9.17) is 0 Å². The van der Waals surface area contributed by atoms with Crippen LogP contribution < -0.4 is 10.6 Å². The van der Waals surface area contributed by atoms with Crippen LogP contribution in [0.2, 0.25) is 0 Å². The predicted octanol–water partition coefficient (Wildman–Crippen LogP) is 2.20. The molecule has 2 N–H and O–H groups in total. The summed E-state index contributed by atoms with van der Waals surface area (Å²) in [5, 5.41) is 6.38. The van der Waals surface area contributed by atoms with Gasteiger partial charge in [0, 0.05) is 24.6 Å². The fourth-order valence-electron chi connectivity index (χ4n) is 3.11. The van der Waals surface area contributed by atoms with Crippen LogP contribution in [0.1, 0.15) is 28.8 Å². The molecule has 1 saturated heterocycles. The second-order valence-electron chi connectivity index (χ2n) is 6.30. The van der Waals surface area contributed by atoms with Gasteiger partial charge in [0.05, 0.1) is 18.4 Å². The van der Waals surface area contributed by atoms with E-state index in [0.29, 0.717) is 12.1 Å². The van der Waals surface area contributed by atoms with Crippen molar-refractivity contribution in [1.82, 2.24) is 30.2 Å². The smallest absolute Gasteiger partial charge is 0.253 e. The first kappa shape index (κ1) is 21.1. The monoisotopic (exact) mass is 408 g/mol. The molecule has 0 bridgehead atoms. The second-order valence-corrected chi connectivity index (χ2v) is 6.30. The minimum atomic E-state index is -0.0805. The van der Waals surface area contributed by atoms with E-state index in [1.54, 1.807) is 24.8 Å². The van der Waals surface area contributed by atoms with Gasteiger partial charge in [0.15, 0.2) is 5.65 Å². The zero-order chi connectivity index (χ0) is 17.1. The molecule has 7 nitrogen and oxygen atoms in total. The van der Waals surface area contributed by atoms with Crippen molar-refractivity contribution in [3.05, 3.63) is 54.2 Å². The maximum Gasteiger partial charge on any atom is 0.253 e. The Morgan fingerprint density at radius 2 is 2.04 bits per heavy atom. The number of aromatic nitrogens is 4. The molecule has 4 rings (SSSR count). The maximum absolute atomic E-state index is 12.4. The highest BCUT2D eigenvalue weighted by Gasteiger charge is 2.17. The molecule has 0 aromatic carbocycles.